The van der Waals surface area contributed by atoms with Crippen molar-refractivity contribution in [1.82, 2.24) is 14.6 Å². The molecule has 0 bridgehead atoms. The summed E-state index contributed by atoms with van der Waals surface area (Å²) in [4.78, 5) is 14.6. The van der Waals surface area contributed by atoms with Crippen LogP contribution in [0.25, 0.3) is 5.52 Å². The maximum Gasteiger partial charge on any atom is 0.472 e. The van der Waals surface area contributed by atoms with Crippen LogP contribution in [0.3, 0.4) is 0 Å². The van der Waals surface area contributed by atoms with Gasteiger partial charge in [-0.05, 0) is 49.2 Å². The SMILES string of the molecule is CCCCCCCCCCCCCCC[C@H](COP(=O)(O)OC[C@@]1(C)O[C@@H](c2ccc3c(N)ncnn23)[C@H](O)[C@@H]1O)OCc1cc(F)cc(C#N)c1. The number of nitrogens with two attached hydrogens (primary N) is 1. The lowest BCUT2D eigenvalue weighted by Gasteiger charge is -2.28. The highest BCUT2D eigenvalue weighted by molar-refractivity contribution is 7.47. The van der Waals surface area contributed by atoms with E-state index in [2.05, 4.69) is 17.0 Å². The lowest BCUT2D eigenvalue weighted by atomic mass is 9.97. The number of nitrogens with zero attached hydrogens (tertiary/aromatic N) is 4. The topological polar surface area (TPSA) is 195 Å². The first kappa shape index (κ1) is 41.8. The van der Waals surface area contributed by atoms with Crippen LogP contribution in [0, 0.1) is 17.1 Å². The number of hydrogen-bond donors (Lipinski definition) is 4. The zero-order valence-electron chi connectivity index (χ0n) is 30.4. The number of aliphatic hydroxyl groups is 2. The average Bonchev–Trinajstić information content (AvgIpc) is 3.65. The zero-order chi connectivity index (χ0) is 37.6. The minimum absolute atomic E-state index is 0.0299. The van der Waals surface area contributed by atoms with E-state index in [9.17, 15) is 29.3 Å². The van der Waals surface area contributed by atoms with Crippen LogP contribution in [0.1, 0.15) is 127 Å². The number of nitriles is 1. The van der Waals surface area contributed by atoms with Crippen molar-refractivity contribution in [3.8, 4) is 6.07 Å². The van der Waals surface area contributed by atoms with Crippen molar-refractivity contribution < 1.29 is 42.6 Å². The number of nitrogen functional groups attached to an aromatic ring is 1. The van der Waals surface area contributed by atoms with Gasteiger partial charge in [-0.1, -0.05) is 90.4 Å². The lowest BCUT2D eigenvalue weighted by molar-refractivity contribution is -0.101. The Hall–Kier alpha value is -2.99. The van der Waals surface area contributed by atoms with Crippen molar-refractivity contribution in [2.24, 2.45) is 0 Å². The molecule has 3 heterocycles. The molecule has 4 rings (SSSR count). The minimum atomic E-state index is -4.70. The van der Waals surface area contributed by atoms with Gasteiger partial charge in [0.15, 0.2) is 5.82 Å². The van der Waals surface area contributed by atoms with Gasteiger partial charge in [-0.25, -0.2) is 18.5 Å². The van der Waals surface area contributed by atoms with Crippen molar-refractivity contribution in [2.45, 2.75) is 140 Å². The smallest absolute Gasteiger partial charge is 0.387 e. The lowest BCUT2D eigenvalue weighted by Crippen LogP contribution is -2.44. The second kappa shape index (κ2) is 20.5. The highest BCUT2D eigenvalue weighted by Crippen LogP contribution is 2.48. The molecule has 1 unspecified atom stereocenters. The Bertz CT molecular complexity index is 1640. The van der Waals surface area contributed by atoms with Crippen LogP contribution >= 0.6 is 7.82 Å². The Labute approximate surface area is 305 Å². The largest absolute Gasteiger partial charge is 0.472 e. The molecular weight excluding hydrogens is 692 g/mol. The van der Waals surface area contributed by atoms with Crippen molar-refractivity contribution >= 4 is 19.2 Å². The maximum atomic E-state index is 14.0. The fourth-order valence-corrected chi connectivity index (χ4v) is 7.39. The minimum Gasteiger partial charge on any atom is -0.387 e. The number of phosphoric acid groups is 1. The van der Waals surface area contributed by atoms with Gasteiger partial charge in [-0.15, -0.1) is 0 Å². The number of unbranched alkanes of at least 4 members (excludes halogenated alkanes) is 12. The molecule has 1 aliphatic rings. The van der Waals surface area contributed by atoms with Gasteiger partial charge < -0.3 is 30.3 Å². The molecule has 5 N–H and O–H groups in total. The van der Waals surface area contributed by atoms with E-state index in [0.29, 0.717) is 23.2 Å². The summed E-state index contributed by atoms with van der Waals surface area (Å²) < 4.78 is 51.2. The summed E-state index contributed by atoms with van der Waals surface area (Å²) >= 11 is 0. The summed E-state index contributed by atoms with van der Waals surface area (Å²) in [5.74, 6) is -0.340. The third-order valence-electron chi connectivity index (χ3n) is 9.60. The Morgan fingerprint density at radius 1 is 1.04 bits per heavy atom. The van der Waals surface area contributed by atoms with Gasteiger partial charge in [-0.3, -0.25) is 9.05 Å². The van der Waals surface area contributed by atoms with E-state index in [1.807, 2.05) is 6.07 Å². The van der Waals surface area contributed by atoms with E-state index in [1.165, 1.54) is 87.7 Å². The van der Waals surface area contributed by atoms with Crippen LogP contribution in [0.2, 0.25) is 0 Å². The third kappa shape index (κ3) is 12.3. The second-order valence-corrected chi connectivity index (χ2v) is 15.4. The summed E-state index contributed by atoms with van der Waals surface area (Å²) in [6.45, 7) is 2.78. The van der Waals surface area contributed by atoms with Crippen LogP contribution in [0.5, 0.6) is 0 Å². The van der Waals surface area contributed by atoms with Gasteiger partial charge in [-0.2, -0.15) is 10.4 Å². The van der Waals surface area contributed by atoms with E-state index in [4.69, 9.17) is 24.3 Å². The predicted molar refractivity (Wildman–Crippen MR) is 193 cm³/mol. The molecule has 1 fully saturated rings. The van der Waals surface area contributed by atoms with E-state index in [-0.39, 0.29) is 24.6 Å². The molecule has 13 nitrogen and oxygen atoms in total. The molecule has 3 aromatic rings. The standard InChI is InChI=1S/C37H55FN5O8P/c1-3-4-5-6-7-8-9-10-11-12-13-14-15-16-30(48-23-28-19-27(22-39)20-29(38)21-28)24-49-52(46,47)50-25-37(2)35(45)33(44)34(51-37)31-17-18-32-36(40)41-26-42-43(31)32/h17-21,26,30,33-35,44-45H,3-16,23-25H2,1-2H3,(H,46,47)(H2,40,41,42)/t30-,33+,34+,35+,37-/m1/s1. The molecule has 52 heavy (non-hydrogen) atoms. The molecular formula is C37H55FN5O8P. The molecule has 1 aliphatic heterocycles. The van der Waals surface area contributed by atoms with E-state index < -0.39 is 50.3 Å². The molecule has 1 aromatic carbocycles. The number of aliphatic hydroxyl groups excluding tert-OH is 2. The van der Waals surface area contributed by atoms with Gasteiger partial charge in [0.05, 0.1) is 43.3 Å². The summed E-state index contributed by atoms with van der Waals surface area (Å²) in [6.07, 6.45) is 12.7. The molecule has 15 heteroatoms. The first-order chi connectivity index (χ1) is 25.0. The Kier molecular flexibility index (Phi) is 16.4. The molecule has 288 valence electrons. The summed E-state index contributed by atoms with van der Waals surface area (Å²) in [5, 5.41) is 35.2. The monoisotopic (exact) mass is 747 g/mol. The fraction of sp³-hybridized carbons (Fsp3) is 0.649. The molecule has 1 saturated heterocycles. The number of halogens is 1. The zero-order valence-corrected chi connectivity index (χ0v) is 31.3. The summed E-state index contributed by atoms with van der Waals surface area (Å²) in [6, 6.07) is 9.15. The second-order valence-electron chi connectivity index (χ2n) is 13.9. The quantitative estimate of drug-likeness (QED) is 0.0538. The number of fused-ring (bicyclic) bond motifs is 1. The number of phosphoric ester groups is 1. The fourth-order valence-electron chi connectivity index (χ4n) is 6.54. The number of rotatable bonds is 24. The van der Waals surface area contributed by atoms with Crippen LogP contribution in [-0.4, -0.2) is 66.8 Å². The normalized spacial score (nSPS) is 22.1. The average molecular weight is 748 g/mol. The third-order valence-corrected chi connectivity index (χ3v) is 10.5. The van der Waals surface area contributed by atoms with E-state index >= 15 is 0 Å². The van der Waals surface area contributed by atoms with E-state index in [0.717, 1.165) is 31.7 Å². The van der Waals surface area contributed by atoms with Crippen LogP contribution in [-0.2, 0) is 29.7 Å². The molecule has 0 aliphatic carbocycles. The van der Waals surface area contributed by atoms with Crippen molar-refractivity contribution in [3.05, 3.63) is 59.3 Å². The van der Waals surface area contributed by atoms with Gasteiger partial charge in [0.25, 0.3) is 0 Å². The van der Waals surface area contributed by atoms with Gasteiger partial charge in [0.1, 0.15) is 41.6 Å². The van der Waals surface area contributed by atoms with Crippen LogP contribution < -0.4 is 5.73 Å². The number of hydrogen-bond acceptors (Lipinski definition) is 11. The Morgan fingerprint density at radius 3 is 2.35 bits per heavy atom. The Balaban J connectivity index is 1.27. The molecule has 0 amide bonds. The summed E-state index contributed by atoms with van der Waals surface area (Å²) in [5.41, 5.74) is 5.83. The Morgan fingerprint density at radius 2 is 1.69 bits per heavy atom. The van der Waals surface area contributed by atoms with Crippen molar-refractivity contribution in [1.29, 1.82) is 5.26 Å². The highest BCUT2D eigenvalue weighted by Gasteiger charge is 2.53. The summed E-state index contributed by atoms with van der Waals surface area (Å²) in [7, 11) is -4.70. The molecule has 0 saturated carbocycles. The van der Waals surface area contributed by atoms with E-state index in [1.54, 1.807) is 12.1 Å². The predicted octanol–water partition coefficient (Wildman–Crippen LogP) is 7.07. The maximum absolute atomic E-state index is 14.0. The first-order valence-corrected chi connectivity index (χ1v) is 20.0. The number of anilines is 1. The van der Waals surface area contributed by atoms with Gasteiger partial charge in [0.2, 0.25) is 0 Å². The molecule has 6 atom stereocenters. The van der Waals surface area contributed by atoms with Crippen molar-refractivity contribution in [3.63, 3.8) is 0 Å². The van der Waals surface area contributed by atoms with Gasteiger partial charge >= 0.3 is 7.82 Å². The number of aromatic nitrogens is 3. The number of ether oxygens (including phenoxy) is 2. The molecule has 0 spiro atoms. The van der Waals surface area contributed by atoms with Crippen LogP contribution in [0.15, 0.2) is 36.7 Å². The first-order valence-electron chi connectivity index (χ1n) is 18.5. The van der Waals surface area contributed by atoms with Crippen LogP contribution in [0.4, 0.5) is 10.2 Å². The molecule has 2 aromatic heterocycles. The molecule has 0 radical (unpaired) electrons. The van der Waals surface area contributed by atoms with Crippen molar-refractivity contribution in [2.75, 3.05) is 18.9 Å². The number of benzene rings is 1. The van der Waals surface area contributed by atoms with Gasteiger partial charge in [0, 0.05) is 0 Å². The highest BCUT2D eigenvalue weighted by atomic mass is 31.2.